The largest absolute Gasteiger partial charge is 0.478 e. The van der Waals surface area contributed by atoms with Crippen molar-refractivity contribution in [3.63, 3.8) is 0 Å². The number of carboxylic acids is 2. The molecule has 0 unspecified atom stereocenters. The number of hydrogen-bond donors (Lipinski definition) is 4. The quantitative estimate of drug-likeness (QED) is 0.563. The maximum absolute atomic E-state index is 12.2. The summed E-state index contributed by atoms with van der Waals surface area (Å²) in [5, 5.41) is 19.0. The highest BCUT2D eigenvalue weighted by Crippen LogP contribution is 2.37. The number of anilines is 1. The number of furan rings is 1. The molecule has 8 nitrogen and oxygen atoms in total. The third kappa shape index (κ3) is 2.73. The van der Waals surface area contributed by atoms with Gasteiger partial charge >= 0.3 is 11.9 Å². The van der Waals surface area contributed by atoms with E-state index >= 15 is 0 Å². The number of nitrogens with two attached hydrogens (primary N) is 1. The maximum Gasteiger partial charge on any atom is 0.342 e. The van der Waals surface area contributed by atoms with Crippen LogP contribution in [0.2, 0.25) is 0 Å². The summed E-state index contributed by atoms with van der Waals surface area (Å²) < 4.78 is 5.58. The van der Waals surface area contributed by atoms with Crippen molar-refractivity contribution in [3.05, 3.63) is 63.6 Å². The van der Waals surface area contributed by atoms with Crippen LogP contribution in [0.4, 0.5) is 5.82 Å². The highest BCUT2D eigenvalue weighted by atomic mass is 16.4. The van der Waals surface area contributed by atoms with E-state index < -0.39 is 34.4 Å². The van der Waals surface area contributed by atoms with Crippen molar-refractivity contribution in [1.29, 1.82) is 0 Å². The Bertz CT molecular complexity index is 1090. The lowest BCUT2D eigenvalue weighted by Crippen LogP contribution is -2.24. The highest BCUT2D eigenvalue weighted by molar-refractivity contribution is 6.09. The number of H-pyrrole nitrogens is 1. The van der Waals surface area contributed by atoms with Gasteiger partial charge < -0.3 is 25.3 Å². The normalized spacial score (nSPS) is 10.7. The smallest absolute Gasteiger partial charge is 0.342 e. The summed E-state index contributed by atoms with van der Waals surface area (Å²) in [4.78, 5) is 37.7. The third-order valence-corrected chi connectivity index (χ3v) is 3.87. The zero-order valence-corrected chi connectivity index (χ0v) is 13.6. The minimum atomic E-state index is -1.56. The van der Waals surface area contributed by atoms with Crippen LogP contribution in [0, 0.1) is 6.92 Å². The number of aromatic amines is 1. The second-order valence-electron chi connectivity index (χ2n) is 5.56. The summed E-state index contributed by atoms with van der Waals surface area (Å²) >= 11 is 0. The molecule has 0 aliphatic heterocycles. The molecule has 0 fully saturated rings. The van der Waals surface area contributed by atoms with Gasteiger partial charge in [-0.2, -0.15) is 0 Å². The second kappa shape index (κ2) is 6.25. The minimum Gasteiger partial charge on any atom is -0.478 e. The van der Waals surface area contributed by atoms with E-state index in [9.17, 15) is 24.6 Å². The van der Waals surface area contributed by atoms with Crippen LogP contribution in [0.3, 0.4) is 0 Å². The van der Waals surface area contributed by atoms with Gasteiger partial charge in [0.2, 0.25) is 0 Å². The van der Waals surface area contributed by atoms with Gasteiger partial charge in [-0.3, -0.25) is 4.79 Å². The van der Waals surface area contributed by atoms with E-state index in [1.165, 1.54) is 6.07 Å². The van der Waals surface area contributed by atoms with Crippen molar-refractivity contribution in [1.82, 2.24) is 4.98 Å². The summed E-state index contributed by atoms with van der Waals surface area (Å²) in [6, 6.07) is 9.83. The first-order valence-electron chi connectivity index (χ1n) is 7.49. The number of nitrogen functional groups attached to an aromatic ring is 1. The molecular weight excluding hydrogens is 340 g/mol. The molecule has 0 radical (unpaired) electrons. The average Bonchev–Trinajstić information content (AvgIpc) is 2.99. The van der Waals surface area contributed by atoms with Crippen molar-refractivity contribution in [2.45, 2.75) is 6.92 Å². The van der Waals surface area contributed by atoms with E-state index in [2.05, 4.69) is 4.98 Å². The summed E-state index contributed by atoms with van der Waals surface area (Å²) in [5.41, 5.74) is 3.88. The predicted molar refractivity (Wildman–Crippen MR) is 93.3 cm³/mol. The summed E-state index contributed by atoms with van der Waals surface area (Å²) in [7, 11) is 0. The topological polar surface area (TPSA) is 147 Å². The van der Waals surface area contributed by atoms with Gasteiger partial charge in [0.15, 0.2) is 0 Å². The lowest BCUT2D eigenvalue weighted by Gasteiger charge is -2.14. The number of carboxylic acid groups (broad SMARTS) is 2. The number of carbonyl (C=O) groups is 2. The van der Waals surface area contributed by atoms with E-state index in [4.69, 9.17) is 10.2 Å². The van der Waals surface area contributed by atoms with Gasteiger partial charge in [0.25, 0.3) is 5.56 Å². The number of rotatable bonds is 4. The molecule has 3 rings (SSSR count). The molecule has 1 aromatic carbocycles. The Morgan fingerprint density at radius 2 is 1.62 bits per heavy atom. The second-order valence-corrected chi connectivity index (χ2v) is 5.56. The molecule has 0 amide bonds. The van der Waals surface area contributed by atoms with Crippen LogP contribution in [0.25, 0.3) is 22.5 Å². The fraction of sp³-hybridized carbons (Fsp3) is 0.0556. The van der Waals surface area contributed by atoms with Crippen molar-refractivity contribution in [3.8, 4) is 22.5 Å². The summed E-state index contributed by atoms with van der Waals surface area (Å²) in [6.45, 7) is 1.74. The number of nitrogens with one attached hydrogen (secondary N) is 1. The Balaban J connectivity index is 2.47. The van der Waals surface area contributed by atoms with E-state index in [0.717, 1.165) is 0 Å². The molecule has 132 valence electrons. The molecular formula is C18H14N2O6. The molecule has 0 aliphatic carbocycles. The van der Waals surface area contributed by atoms with Crippen LogP contribution < -0.4 is 11.3 Å². The highest BCUT2D eigenvalue weighted by Gasteiger charge is 2.28. The van der Waals surface area contributed by atoms with Crippen molar-refractivity contribution in [2.75, 3.05) is 5.73 Å². The molecule has 26 heavy (non-hydrogen) atoms. The van der Waals surface area contributed by atoms with Crippen LogP contribution in [-0.2, 0) is 0 Å². The molecule has 5 N–H and O–H groups in total. The van der Waals surface area contributed by atoms with Crippen molar-refractivity contribution in [2.24, 2.45) is 0 Å². The molecule has 8 heteroatoms. The van der Waals surface area contributed by atoms with Crippen molar-refractivity contribution < 1.29 is 24.2 Å². The molecule has 0 spiro atoms. The van der Waals surface area contributed by atoms with E-state index in [0.29, 0.717) is 17.1 Å². The van der Waals surface area contributed by atoms with Crippen LogP contribution in [0.5, 0.6) is 0 Å². The number of aromatic nitrogens is 1. The van der Waals surface area contributed by atoms with Crippen LogP contribution in [0.1, 0.15) is 26.5 Å². The first kappa shape index (κ1) is 17.0. The summed E-state index contributed by atoms with van der Waals surface area (Å²) in [5.74, 6) is -2.41. The standard InChI is InChI=1S/C18H14N2O6/c1-8-6-7-11(26-8)9-4-2-3-5-10(9)12-13(17(22)23)15(19)20-16(21)14(12)18(24)25/h2-7H,1H3,(H,22,23)(H,24,25)(H3,19,20,21). The fourth-order valence-electron chi connectivity index (χ4n) is 2.81. The molecule has 0 atom stereocenters. The Kier molecular flexibility index (Phi) is 4.09. The number of aryl methyl sites for hydroxylation is 1. The molecule has 2 heterocycles. The van der Waals surface area contributed by atoms with Gasteiger partial charge in [0, 0.05) is 11.1 Å². The van der Waals surface area contributed by atoms with Crippen LogP contribution in [-0.4, -0.2) is 27.1 Å². The molecule has 0 aliphatic rings. The first-order valence-corrected chi connectivity index (χ1v) is 7.49. The Morgan fingerprint density at radius 1 is 1.00 bits per heavy atom. The SMILES string of the molecule is Cc1ccc(-c2ccccc2-c2c(C(=O)O)c(N)[nH]c(=O)c2C(=O)O)o1. The zero-order valence-electron chi connectivity index (χ0n) is 13.6. The van der Waals surface area contributed by atoms with E-state index in [1.807, 2.05) is 0 Å². The Labute approximate surface area is 146 Å². The maximum atomic E-state index is 12.2. The van der Waals surface area contributed by atoms with Gasteiger partial charge in [-0.05, 0) is 24.6 Å². The fourth-order valence-corrected chi connectivity index (χ4v) is 2.81. The predicted octanol–water partition coefficient (Wildman–Crippen LogP) is 2.59. The lowest BCUT2D eigenvalue weighted by atomic mass is 9.91. The molecule has 0 saturated carbocycles. The van der Waals surface area contributed by atoms with E-state index in [1.54, 1.807) is 37.3 Å². The van der Waals surface area contributed by atoms with Crippen molar-refractivity contribution >= 4 is 17.8 Å². The van der Waals surface area contributed by atoms with Crippen LogP contribution >= 0.6 is 0 Å². The first-order chi connectivity index (χ1) is 12.3. The molecule has 0 saturated heterocycles. The average molecular weight is 354 g/mol. The zero-order chi connectivity index (χ0) is 19.0. The van der Waals surface area contributed by atoms with Gasteiger partial charge in [-0.15, -0.1) is 0 Å². The van der Waals surface area contributed by atoms with Crippen LogP contribution in [0.15, 0.2) is 45.6 Å². The monoisotopic (exact) mass is 354 g/mol. The number of aromatic carboxylic acids is 2. The third-order valence-electron chi connectivity index (χ3n) is 3.87. The lowest BCUT2D eigenvalue weighted by molar-refractivity contribution is 0.0695. The number of hydrogen-bond acceptors (Lipinski definition) is 5. The number of pyridine rings is 1. The molecule has 2 aromatic heterocycles. The minimum absolute atomic E-state index is 0.217. The van der Waals surface area contributed by atoms with E-state index in [-0.39, 0.29) is 11.1 Å². The van der Waals surface area contributed by atoms with Gasteiger partial charge in [-0.1, -0.05) is 24.3 Å². The van der Waals surface area contributed by atoms with Gasteiger partial charge in [0.05, 0.1) is 0 Å². The summed E-state index contributed by atoms with van der Waals surface area (Å²) in [6.07, 6.45) is 0. The van der Waals surface area contributed by atoms with Gasteiger partial charge in [0.1, 0.15) is 28.5 Å². The molecule has 3 aromatic rings. The molecule has 0 bridgehead atoms. The Morgan fingerprint density at radius 3 is 2.15 bits per heavy atom. The number of benzene rings is 1. The Hall–Kier alpha value is -3.81. The van der Waals surface area contributed by atoms with Gasteiger partial charge in [-0.25, -0.2) is 9.59 Å².